The summed E-state index contributed by atoms with van der Waals surface area (Å²) in [4.78, 5) is 10.2. The summed E-state index contributed by atoms with van der Waals surface area (Å²) in [5, 5.41) is 0. The van der Waals surface area contributed by atoms with Crippen molar-refractivity contribution >= 4 is 6.16 Å². The molecule has 0 spiro atoms. The van der Waals surface area contributed by atoms with Crippen molar-refractivity contribution in [3.05, 3.63) is 0 Å². The van der Waals surface area contributed by atoms with Gasteiger partial charge in [0.1, 0.15) is 13.3 Å². The van der Waals surface area contributed by atoms with Crippen LogP contribution in [0.5, 0.6) is 0 Å². The molecule has 1 heterocycles. The first kappa shape index (κ1) is 9.08. The van der Waals surface area contributed by atoms with E-state index in [1.807, 2.05) is 0 Å². The van der Waals surface area contributed by atoms with Crippen LogP contribution in [0.4, 0.5) is 22.4 Å². The molecular weight excluding hydrogens is 184 g/mol. The molecular formula is C5H4F4O3. The fourth-order valence-electron chi connectivity index (χ4n) is 0.675. The van der Waals surface area contributed by atoms with Gasteiger partial charge < -0.3 is 9.47 Å². The summed E-state index contributed by atoms with van der Waals surface area (Å²) in [5.41, 5.74) is -3.09. The van der Waals surface area contributed by atoms with Gasteiger partial charge in [0.05, 0.1) is 0 Å². The molecule has 1 unspecified atom stereocenters. The van der Waals surface area contributed by atoms with E-state index in [2.05, 4.69) is 9.47 Å². The van der Waals surface area contributed by atoms with Crippen LogP contribution < -0.4 is 0 Å². The molecule has 0 aromatic heterocycles. The Labute approximate surface area is 64.2 Å². The van der Waals surface area contributed by atoms with E-state index in [4.69, 9.17) is 0 Å². The Morgan fingerprint density at radius 2 is 2.08 bits per heavy atom. The minimum atomic E-state index is -4.94. The second kappa shape index (κ2) is 2.49. The van der Waals surface area contributed by atoms with Crippen molar-refractivity contribution in [3.63, 3.8) is 0 Å². The Kier molecular flexibility index (Phi) is 1.89. The first-order chi connectivity index (χ1) is 5.41. The zero-order chi connectivity index (χ0) is 9.41. The molecule has 0 radical (unpaired) electrons. The summed E-state index contributed by atoms with van der Waals surface area (Å²) in [7, 11) is 0. The predicted octanol–water partition coefficient (Wildman–Crippen LogP) is 1.42. The lowest BCUT2D eigenvalue weighted by molar-refractivity contribution is -0.250. The number of rotatable bonds is 1. The SMILES string of the molecule is O=C1OCC(CF)(C(F)(F)F)O1. The highest BCUT2D eigenvalue weighted by molar-refractivity contribution is 5.63. The van der Waals surface area contributed by atoms with Gasteiger partial charge in [-0.2, -0.15) is 13.2 Å². The van der Waals surface area contributed by atoms with Crippen molar-refractivity contribution in [3.8, 4) is 0 Å². The number of carbonyl (C=O) groups is 1. The van der Waals surface area contributed by atoms with Gasteiger partial charge in [-0.3, -0.25) is 0 Å². The van der Waals surface area contributed by atoms with E-state index >= 15 is 0 Å². The standard InChI is InChI=1S/C5H4F4O3/c6-1-4(5(7,8)9)2-11-3(10)12-4/h1-2H2. The second-order valence-corrected chi connectivity index (χ2v) is 2.27. The Bertz CT molecular complexity index is 201. The quantitative estimate of drug-likeness (QED) is 0.461. The van der Waals surface area contributed by atoms with Crippen LogP contribution in [-0.4, -0.2) is 31.2 Å². The van der Waals surface area contributed by atoms with Crippen LogP contribution in [0.15, 0.2) is 0 Å². The van der Waals surface area contributed by atoms with Crippen LogP contribution >= 0.6 is 0 Å². The lowest BCUT2D eigenvalue weighted by Gasteiger charge is -2.23. The van der Waals surface area contributed by atoms with Gasteiger partial charge in [0.15, 0.2) is 0 Å². The molecule has 1 saturated heterocycles. The average molecular weight is 188 g/mol. The topological polar surface area (TPSA) is 35.5 Å². The molecule has 0 aromatic carbocycles. The molecule has 0 saturated carbocycles. The highest BCUT2D eigenvalue weighted by Crippen LogP contribution is 2.37. The van der Waals surface area contributed by atoms with E-state index in [9.17, 15) is 22.4 Å². The van der Waals surface area contributed by atoms with E-state index in [0.717, 1.165) is 0 Å². The van der Waals surface area contributed by atoms with Crippen LogP contribution in [0.25, 0.3) is 0 Å². The van der Waals surface area contributed by atoms with Crippen LogP contribution in [0.3, 0.4) is 0 Å². The van der Waals surface area contributed by atoms with Gasteiger partial charge in [-0.1, -0.05) is 0 Å². The van der Waals surface area contributed by atoms with Crippen LogP contribution in [0.2, 0.25) is 0 Å². The van der Waals surface area contributed by atoms with E-state index in [1.165, 1.54) is 0 Å². The fraction of sp³-hybridized carbons (Fsp3) is 0.800. The summed E-state index contributed by atoms with van der Waals surface area (Å²) in [5.74, 6) is 0. The summed E-state index contributed by atoms with van der Waals surface area (Å²) in [6.45, 7) is -2.95. The first-order valence-corrected chi connectivity index (χ1v) is 2.90. The van der Waals surface area contributed by atoms with Crippen LogP contribution in [0.1, 0.15) is 0 Å². The zero-order valence-corrected chi connectivity index (χ0v) is 5.65. The van der Waals surface area contributed by atoms with Crippen molar-refractivity contribution in [2.45, 2.75) is 11.8 Å². The van der Waals surface area contributed by atoms with Crippen molar-refractivity contribution in [1.82, 2.24) is 0 Å². The van der Waals surface area contributed by atoms with Gasteiger partial charge in [0.2, 0.25) is 0 Å². The number of cyclic esters (lactones) is 2. The number of carbonyl (C=O) groups excluding carboxylic acids is 1. The van der Waals surface area contributed by atoms with Crippen molar-refractivity contribution < 1.29 is 31.8 Å². The first-order valence-electron chi connectivity index (χ1n) is 2.90. The maximum absolute atomic E-state index is 12.0. The molecule has 0 aliphatic carbocycles. The summed E-state index contributed by atoms with van der Waals surface area (Å²) in [6.07, 6.45) is -6.43. The van der Waals surface area contributed by atoms with Crippen molar-refractivity contribution in [1.29, 1.82) is 0 Å². The van der Waals surface area contributed by atoms with Crippen LogP contribution in [-0.2, 0) is 9.47 Å². The monoisotopic (exact) mass is 188 g/mol. The Morgan fingerprint density at radius 1 is 1.50 bits per heavy atom. The number of alkyl halides is 4. The lowest BCUT2D eigenvalue weighted by atomic mass is 10.1. The third kappa shape index (κ3) is 1.19. The fourth-order valence-corrected chi connectivity index (χ4v) is 0.675. The predicted molar refractivity (Wildman–Crippen MR) is 27.2 cm³/mol. The molecule has 3 nitrogen and oxygen atoms in total. The second-order valence-electron chi connectivity index (χ2n) is 2.27. The summed E-state index contributed by atoms with van der Waals surface area (Å²) >= 11 is 0. The number of halogens is 4. The molecule has 7 heteroatoms. The van der Waals surface area contributed by atoms with Crippen LogP contribution in [0, 0.1) is 0 Å². The van der Waals surface area contributed by atoms with Gasteiger partial charge in [-0.05, 0) is 0 Å². The van der Waals surface area contributed by atoms with Gasteiger partial charge in [0, 0.05) is 0 Å². The van der Waals surface area contributed by atoms with Gasteiger partial charge >= 0.3 is 12.3 Å². The molecule has 0 amide bonds. The minimum Gasteiger partial charge on any atom is -0.430 e. The lowest BCUT2D eigenvalue weighted by Crippen LogP contribution is -2.49. The Balaban J connectivity index is 2.85. The number of hydrogen-bond acceptors (Lipinski definition) is 3. The highest BCUT2D eigenvalue weighted by atomic mass is 19.4. The Morgan fingerprint density at radius 3 is 2.25 bits per heavy atom. The maximum atomic E-state index is 12.0. The van der Waals surface area contributed by atoms with Gasteiger partial charge in [-0.15, -0.1) is 0 Å². The summed E-state index contributed by atoms with van der Waals surface area (Å²) < 4.78 is 55.5. The molecule has 1 rings (SSSR count). The molecule has 70 valence electrons. The van der Waals surface area contributed by atoms with Gasteiger partial charge in [-0.25, -0.2) is 9.18 Å². The van der Waals surface area contributed by atoms with Gasteiger partial charge in [0.25, 0.3) is 5.60 Å². The number of ether oxygens (including phenoxy) is 2. The molecule has 12 heavy (non-hydrogen) atoms. The summed E-state index contributed by atoms with van der Waals surface area (Å²) in [6, 6.07) is 0. The maximum Gasteiger partial charge on any atom is 0.509 e. The van der Waals surface area contributed by atoms with E-state index < -0.39 is 31.2 Å². The molecule has 1 fully saturated rings. The molecule has 0 N–H and O–H groups in total. The van der Waals surface area contributed by atoms with Crippen molar-refractivity contribution in [2.24, 2.45) is 0 Å². The van der Waals surface area contributed by atoms with E-state index in [1.54, 1.807) is 0 Å². The van der Waals surface area contributed by atoms with E-state index in [-0.39, 0.29) is 0 Å². The minimum absolute atomic E-state index is 1.12. The third-order valence-electron chi connectivity index (χ3n) is 1.43. The largest absolute Gasteiger partial charge is 0.509 e. The van der Waals surface area contributed by atoms with E-state index in [0.29, 0.717) is 0 Å². The smallest absolute Gasteiger partial charge is 0.430 e. The molecule has 0 bridgehead atoms. The average Bonchev–Trinajstić information content (AvgIpc) is 2.31. The molecule has 1 aliphatic heterocycles. The number of hydrogen-bond donors (Lipinski definition) is 0. The normalized spacial score (nSPS) is 29.8. The third-order valence-corrected chi connectivity index (χ3v) is 1.43. The molecule has 1 aliphatic rings. The Hall–Kier alpha value is -1.01. The van der Waals surface area contributed by atoms with Crippen molar-refractivity contribution in [2.75, 3.05) is 13.3 Å². The highest BCUT2D eigenvalue weighted by Gasteiger charge is 2.63. The zero-order valence-electron chi connectivity index (χ0n) is 5.65. The molecule has 1 atom stereocenters. The molecule has 0 aromatic rings.